The third-order valence-corrected chi connectivity index (χ3v) is 4.16. The minimum atomic E-state index is -0.320. The maximum absolute atomic E-state index is 11.8. The van der Waals surface area contributed by atoms with Crippen LogP contribution in [0.15, 0.2) is 24.3 Å². The number of urea groups is 1. The number of hydrogen-bond donors (Lipinski definition) is 2. The zero-order chi connectivity index (χ0) is 16.7. The number of esters is 1. The summed E-state index contributed by atoms with van der Waals surface area (Å²) in [7, 11) is 1.63. The van der Waals surface area contributed by atoms with Crippen molar-refractivity contribution in [1.29, 1.82) is 0 Å². The van der Waals surface area contributed by atoms with Crippen molar-refractivity contribution in [3.8, 4) is 0 Å². The second-order valence-electron chi connectivity index (χ2n) is 4.81. The number of carbonyl (C=O) groups excluding carboxylic acids is 2. The number of fused-ring (bicyclic) bond motifs is 1. The van der Waals surface area contributed by atoms with Crippen molar-refractivity contribution in [2.24, 2.45) is 0 Å². The van der Waals surface area contributed by atoms with Crippen LogP contribution < -0.4 is 10.6 Å². The van der Waals surface area contributed by atoms with E-state index in [1.165, 1.54) is 11.3 Å². The lowest BCUT2D eigenvalue weighted by Crippen LogP contribution is -2.29. The SMILES string of the molecule is CCOC(=O)c1cc2cc(NC(=O)NCCCOC)ccc2s1. The van der Waals surface area contributed by atoms with E-state index >= 15 is 0 Å². The Labute approximate surface area is 138 Å². The monoisotopic (exact) mass is 336 g/mol. The topological polar surface area (TPSA) is 76.7 Å². The number of amides is 2. The third-order valence-electron chi connectivity index (χ3n) is 3.06. The molecule has 0 saturated carbocycles. The maximum atomic E-state index is 11.8. The zero-order valence-corrected chi connectivity index (χ0v) is 14.0. The lowest BCUT2D eigenvalue weighted by molar-refractivity contribution is 0.0532. The van der Waals surface area contributed by atoms with E-state index in [4.69, 9.17) is 9.47 Å². The van der Waals surface area contributed by atoms with E-state index in [0.717, 1.165) is 16.5 Å². The molecular formula is C16H20N2O4S. The lowest BCUT2D eigenvalue weighted by atomic mass is 10.2. The summed E-state index contributed by atoms with van der Waals surface area (Å²) < 4.78 is 10.9. The van der Waals surface area contributed by atoms with E-state index in [2.05, 4.69) is 10.6 Å². The molecule has 23 heavy (non-hydrogen) atoms. The Bertz CT molecular complexity index is 684. The van der Waals surface area contributed by atoms with Crippen LogP contribution in [-0.2, 0) is 9.47 Å². The molecule has 0 radical (unpaired) electrons. The largest absolute Gasteiger partial charge is 0.462 e. The summed E-state index contributed by atoms with van der Waals surface area (Å²) in [6.45, 7) is 3.28. The van der Waals surface area contributed by atoms with Crippen LogP contribution in [0.4, 0.5) is 10.5 Å². The Morgan fingerprint density at radius 3 is 2.83 bits per heavy atom. The second kappa shape index (κ2) is 8.50. The first kappa shape index (κ1) is 17.2. The molecule has 2 aromatic rings. The highest BCUT2D eigenvalue weighted by Crippen LogP contribution is 2.28. The van der Waals surface area contributed by atoms with Gasteiger partial charge in [0.05, 0.1) is 6.61 Å². The lowest BCUT2D eigenvalue weighted by Gasteiger charge is -2.07. The number of thiophene rings is 1. The smallest absolute Gasteiger partial charge is 0.348 e. The van der Waals surface area contributed by atoms with Crippen LogP contribution in [0.25, 0.3) is 10.1 Å². The van der Waals surface area contributed by atoms with Gasteiger partial charge in [-0.2, -0.15) is 0 Å². The predicted molar refractivity (Wildman–Crippen MR) is 91.3 cm³/mol. The minimum Gasteiger partial charge on any atom is -0.462 e. The van der Waals surface area contributed by atoms with Gasteiger partial charge in [0.1, 0.15) is 4.88 Å². The molecule has 0 fully saturated rings. The molecular weight excluding hydrogens is 316 g/mol. The highest BCUT2D eigenvalue weighted by atomic mass is 32.1. The molecule has 0 atom stereocenters. The van der Waals surface area contributed by atoms with Gasteiger partial charge in [0.25, 0.3) is 0 Å². The van der Waals surface area contributed by atoms with Crippen molar-refractivity contribution < 1.29 is 19.1 Å². The van der Waals surface area contributed by atoms with E-state index in [1.807, 2.05) is 18.2 Å². The first-order valence-electron chi connectivity index (χ1n) is 7.38. The van der Waals surface area contributed by atoms with Gasteiger partial charge in [-0.15, -0.1) is 11.3 Å². The number of hydrogen-bond acceptors (Lipinski definition) is 5. The van der Waals surface area contributed by atoms with Crippen molar-refractivity contribution in [3.05, 3.63) is 29.1 Å². The summed E-state index contributed by atoms with van der Waals surface area (Å²) >= 11 is 1.38. The molecule has 0 unspecified atom stereocenters. The summed E-state index contributed by atoms with van der Waals surface area (Å²) in [5.74, 6) is -0.320. The van der Waals surface area contributed by atoms with Crippen LogP contribution in [-0.4, -0.2) is 38.9 Å². The molecule has 1 aromatic carbocycles. The number of anilines is 1. The van der Waals surface area contributed by atoms with Gasteiger partial charge in [-0.05, 0) is 43.0 Å². The molecule has 0 aliphatic rings. The van der Waals surface area contributed by atoms with E-state index in [9.17, 15) is 9.59 Å². The molecule has 2 amide bonds. The van der Waals surface area contributed by atoms with Crippen LogP contribution in [0.3, 0.4) is 0 Å². The molecule has 2 rings (SSSR count). The van der Waals surface area contributed by atoms with Crippen LogP contribution in [0.5, 0.6) is 0 Å². The standard InChI is InChI=1S/C16H20N2O4S/c1-3-22-15(19)14-10-11-9-12(5-6-13(11)23-14)18-16(20)17-7-4-8-21-2/h5-6,9-10H,3-4,7-8H2,1-2H3,(H2,17,18,20). The summed E-state index contributed by atoms with van der Waals surface area (Å²) in [6.07, 6.45) is 0.760. The molecule has 2 N–H and O–H groups in total. The fourth-order valence-electron chi connectivity index (χ4n) is 2.02. The molecule has 0 aliphatic heterocycles. The summed E-state index contributed by atoms with van der Waals surface area (Å²) in [5, 5.41) is 6.42. The van der Waals surface area contributed by atoms with E-state index in [-0.39, 0.29) is 12.0 Å². The van der Waals surface area contributed by atoms with E-state index in [0.29, 0.717) is 30.3 Å². The highest BCUT2D eigenvalue weighted by molar-refractivity contribution is 7.20. The number of methoxy groups -OCH3 is 1. The molecule has 6 nitrogen and oxygen atoms in total. The van der Waals surface area contributed by atoms with Gasteiger partial charge in [0.2, 0.25) is 0 Å². The fraction of sp³-hybridized carbons (Fsp3) is 0.375. The molecule has 124 valence electrons. The van der Waals surface area contributed by atoms with E-state index < -0.39 is 0 Å². The second-order valence-corrected chi connectivity index (χ2v) is 5.89. The Morgan fingerprint density at radius 1 is 1.26 bits per heavy atom. The highest BCUT2D eigenvalue weighted by Gasteiger charge is 2.11. The van der Waals surface area contributed by atoms with Gasteiger partial charge < -0.3 is 20.1 Å². The number of benzene rings is 1. The van der Waals surface area contributed by atoms with E-state index in [1.54, 1.807) is 20.1 Å². The van der Waals surface area contributed by atoms with Crippen LogP contribution in [0.2, 0.25) is 0 Å². The molecule has 1 heterocycles. The molecule has 0 saturated heterocycles. The van der Waals surface area contributed by atoms with Gasteiger partial charge in [0, 0.05) is 30.6 Å². The summed E-state index contributed by atoms with van der Waals surface area (Å²) in [6, 6.07) is 7.04. The van der Waals surface area contributed by atoms with Gasteiger partial charge in [-0.3, -0.25) is 0 Å². The molecule has 0 bridgehead atoms. The van der Waals surface area contributed by atoms with Crippen molar-refractivity contribution in [3.63, 3.8) is 0 Å². The van der Waals surface area contributed by atoms with Crippen LogP contribution in [0, 0.1) is 0 Å². The molecule has 0 spiro atoms. The first-order valence-corrected chi connectivity index (χ1v) is 8.20. The Morgan fingerprint density at radius 2 is 2.09 bits per heavy atom. The molecule has 7 heteroatoms. The Kier molecular flexibility index (Phi) is 6.37. The van der Waals surface area contributed by atoms with Crippen molar-refractivity contribution in [1.82, 2.24) is 5.32 Å². The average Bonchev–Trinajstić information content (AvgIpc) is 2.95. The van der Waals surface area contributed by atoms with Crippen LogP contribution in [0.1, 0.15) is 23.0 Å². The minimum absolute atomic E-state index is 0.263. The van der Waals surface area contributed by atoms with Crippen molar-refractivity contribution >= 4 is 39.1 Å². The Hall–Kier alpha value is -2.12. The normalized spacial score (nSPS) is 10.5. The zero-order valence-electron chi connectivity index (χ0n) is 13.2. The third kappa shape index (κ3) is 4.94. The quantitative estimate of drug-likeness (QED) is 0.601. The Balaban J connectivity index is 1.99. The molecule has 0 aliphatic carbocycles. The predicted octanol–water partition coefficient (Wildman–Crippen LogP) is 3.24. The van der Waals surface area contributed by atoms with Gasteiger partial charge >= 0.3 is 12.0 Å². The summed E-state index contributed by atoms with van der Waals surface area (Å²) in [4.78, 5) is 24.1. The van der Waals surface area contributed by atoms with Gasteiger partial charge in [0.15, 0.2) is 0 Å². The maximum Gasteiger partial charge on any atom is 0.348 e. The number of ether oxygens (including phenoxy) is 2. The number of nitrogens with one attached hydrogen (secondary N) is 2. The summed E-state index contributed by atoms with van der Waals surface area (Å²) in [5.41, 5.74) is 0.676. The van der Waals surface area contributed by atoms with Gasteiger partial charge in [-0.25, -0.2) is 9.59 Å². The number of carbonyl (C=O) groups is 2. The number of rotatable bonds is 7. The average molecular weight is 336 g/mol. The van der Waals surface area contributed by atoms with Gasteiger partial charge in [-0.1, -0.05) is 0 Å². The van der Waals surface area contributed by atoms with Crippen molar-refractivity contribution in [2.75, 3.05) is 32.2 Å². The van der Waals surface area contributed by atoms with Crippen LogP contribution >= 0.6 is 11.3 Å². The fourth-order valence-corrected chi connectivity index (χ4v) is 2.95. The van der Waals surface area contributed by atoms with Crippen molar-refractivity contribution in [2.45, 2.75) is 13.3 Å². The first-order chi connectivity index (χ1) is 11.1. The molecule has 1 aromatic heterocycles.